The molecule has 5 nitrogen and oxygen atoms in total. The van der Waals surface area contributed by atoms with Crippen molar-refractivity contribution in [1.82, 2.24) is 4.72 Å². The monoisotopic (exact) mass is 270 g/mol. The number of methoxy groups -OCH3 is 1. The first-order valence-electron chi connectivity index (χ1n) is 5.88. The van der Waals surface area contributed by atoms with Gasteiger partial charge < -0.3 is 10.5 Å². The van der Waals surface area contributed by atoms with Crippen LogP contribution in [0.1, 0.15) is 19.8 Å². The van der Waals surface area contributed by atoms with E-state index in [0.717, 1.165) is 12.8 Å². The smallest absolute Gasteiger partial charge is 0.240 e. The molecule has 0 amide bonds. The molecule has 0 unspecified atom stereocenters. The Morgan fingerprint density at radius 1 is 1.39 bits per heavy atom. The van der Waals surface area contributed by atoms with E-state index in [1.54, 1.807) is 6.07 Å². The number of rotatable bonds is 4. The Bertz CT molecular complexity index is 536. The van der Waals surface area contributed by atoms with E-state index in [-0.39, 0.29) is 10.9 Å². The maximum atomic E-state index is 12.1. The van der Waals surface area contributed by atoms with Gasteiger partial charge in [0.25, 0.3) is 0 Å². The van der Waals surface area contributed by atoms with Crippen molar-refractivity contribution in [3.05, 3.63) is 18.2 Å². The Balaban J connectivity index is 2.16. The lowest BCUT2D eigenvalue weighted by Gasteiger charge is -2.32. The van der Waals surface area contributed by atoms with E-state index in [1.807, 2.05) is 0 Å². The zero-order valence-corrected chi connectivity index (χ0v) is 11.3. The first-order valence-corrected chi connectivity index (χ1v) is 7.36. The molecule has 1 saturated carbocycles. The number of sulfonamides is 1. The molecule has 100 valence electrons. The van der Waals surface area contributed by atoms with Crippen LogP contribution >= 0.6 is 0 Å². The van der Waals surface area contributed by atoms with Crippen molar-refractivity contribution >= 4 is 15.7 Å². The maximum absolute atomic E-state index is 12.1. The van der Waals surface area contributed by atoms with Crippen LogP contribution in [0.4, 0.5) is 5.69 Å². The fourth-order valence-electron chi connectivity index (χ4n) is 2.17. The molecule has 1 aliphatic carbocycles. The lowest BCUT2D eigenvalue weighted by molar-refractivity contribution is 0.270. The predicted octanol–water partition coefficient (Wildman–Crippen LogP) is 1.35. The quantitative estimate of drug-likeness (QED) is 0.809. The summed E-state index contributed by atoms with van der Waals surface area (Å²) in [6.07, 6.45) is 1.79. The molecule has 3 N–H and O–H groups in total. The van der Waals surface area contributed by atoms with Gasteiger partial charge in [-0.05, 0) is 37.0 Å². The molecule has 1 aromatic carbocycles. The van der Waals surface area contributed by atoms with Crippen LogP contribution in [0.15, 0.2) is 23.1 Å². The zero-order chi connectivity index (χ0) is 13.3. The van der Waals surface area contributed by atoms with Crippen molar-refractivity contribution in [2.75, 3.05) is 12.8 Å². The molecule has 2 rings (SSSR count). The fourth-order valence-corrected chi connectivity index (χ4v) is 3.46. The summed E-state index contributed by atoms with van der Waals surface area (Å²) in [5, 5.41) is 0. The highest BCUT2D eigenvalue weighted by atomic mass is 32.2. The Hall–Kier alpha value is -1.27. The van der Waals surface area contributed by atoms with Crippen LogP contribution in [0, 0.1) is 5.92 Å². The number of nitrogens with one attached hydrogen (secondary N) is 1. The van der Waals surface area contributed by atoms with Gasteiger partial charge in [-0.25, -0.2) is 13.1 Å². The van der Waals surface area contributed by atoms with Crippen LogP contribution in [0.25, 0.3) is 0 Å². The number of hydrogen-bond donors (Lipinski definition) is 2. The Morgan fingerprint density at radius 3 is 2.56 bits per heavy atom. The number of anilines is 1. The number of nitrogen functional groups attached to an aromatic ring is 1. The van der Waals surface area contributed by atoms with Crippen molar-refractivity contribution < 1.29 is 13.2 Å². The second kappa shape index (κ2) is 4.78. The topological polar surface area (TPSA) is 81.4 Å². The first-order chi connectivity index (χ1) is 8.42. The van der Waals surface area contributed by atoms with Gasteiger partial charge in [0.15, 0.2) is 0 Å². The van der Waals surface area contributed by atoms with Crippen molar-refractivity contribution in [3.63, 3.8) is 0 Å². The highest BCUT2D eigenvalue weighted by molar-refractivity contribution is 7.89. The van der Waals surface area contributed by atoms with E-state index in [4.69, 9.17) is 10.5 Å². The van der Waals surface area contributed by atoms with Crippen molar-refractivity contribution in [1.29, 1.82) is 0 Å². The molecule has 1 aliphatic rings. The van der Waals surface area contributed by atoms with Crippen LogP contribution < -0.4 is 15.2 Å². The van der Waals surface area contributed by atoms with Gasteiger partial charge in [0.2, 0.25) is 10.0 Å². The standard InChI is InChI=1S/C12H18N2O3S/c1-8-5-9(6-8)14-18(15,16)10-3-4-12(17-2)11(13)7-10/h3-4,7-9,14H,5-6,13H2,1-2H3. The highest BCUT2D eigenvalue weighted by Gasteiger charge is 2.29. The molecule has 0 heterocycles. The highest BCUT2D eigenvalue weighted by Crippen LogP contribution is 2.29. The summed E-state index contributed by atoms with van der Waals surface area (Å²) in [6.45, 7) is 2.11. The molecular weight excluding hydrogens is 252 g/mol. The van der Waals surface area contributed by atoms with Gasteiger partial charge in [-0.3, -0.25) is 0 Å². The minimum absolute atomic E-state index is 0.0494. The summed E-state index contributed by atoms with van der Waals surface area (Å²) in [4.78, 5) is 0.181. The van der Waals surface area contributed by atoms with Gasteiger partial charge in [0.05, 0.1) is 17.7 Å². The molecule has 0 aromatic heterocycles. The van der Waals surface area contributed by atoms with Crippen LogP contribution in [-0.2, 0) is 10.0 Å². The molecule has 0 radical (unpaired) electrons. The molecule has 1 fully saturated rings. The zero-order valence-electron chi connectivity index (χ0n) is 10.5. The average molecular weight is 270 g/mol. The van der Waals surface area contributed by atoms with Gasteiger partial charge >= 0.3 is 0 Å². The molecule has 0 saturated heterocycles. The maximum Gasteiger partial charge on any atom is 0.240 e. The second-order valence-electron chi connectivity index (χ2n) is 4.80. The van der Waals surface area contributed by atoms with Crippen molar-refractivity contribution in [2.45, 2.75) is 30.7 Å². The van der Waals surface area contributed by atoms with Crippen molar-refractivity contribution in [3.8, 4) is 5.75 Å². The van der Waals surface area contributed by atoms with Gasteiger partial charge in [-0.15, -0.1) is 0 Å². The number of benzene rings is 1. The van der Waals surface area contributed by atoms with E-state index in [9.17, 15) is 8.42 Å². The minimum atomic E-state index is -3.48. The second-order valence-corrected chi connectivity index (χ2v) is 6.51. The Labute approximate surface area is 107 Å². The van der Waals surface area contributed by atoms with E-state index in [1.165, 1.54) is 19.2 Å². The molecular formula is C12H18N2O3S. The summed E-state index contributed by atoms with van der Waals surface area (Å²) >= 11 is 0. The lowest BCUT2D eigenvalue weighted by atomic mass is 9.83. The average Bonchev–Trinajstić information content (AvgIpc) is 2.26. The van der Waals surface area contributed by atoms with E-state index < -0.39 is 10.0 Å². The fraction of sp³-hybridized carbons (Fsp3) is 0.500. The third-order valence-electron chi connectivity index (χ3n) is 3.21. The summed E-state index contributed by atoms with van der Waals surface area (Å²) in [5.74, 6) is 1.07. The van der Waals surface area contributed by atoms with Crippen LogP contribution in [-0.4, -0.2) is 21.6 Å². The first kappa shape index (κ1) is 13.2. The van der Waals surface area contributed by atoms with Crippen LogP contribution in [0.3, 0.4) is 0 Å². The number of hydrogen-bond acceptors (Lipinski definition) is 4. The molecule has 6 heteroatoms. The molecule has 1 aromatic rings. The van der Waals surface area contributed by atoms with E-state index in [2.05, 4.69) is 11.6 Å². The molecule has 0 spiro atoms. The van der Waals surface area contributed by atoms with Gasteiger partial charge in [-0.2, -0.15) is 0 Å². The van der Waals surface area contributed by atoms with Gasteiger partial charge in [0, 0.05) is 6.04 Å². The van der Waals surface area contributed by atoms with Crippen molar-refractivity contribution in [2.24, 2.45) is 5.92 Å². The van der Waals surface area contributed by atoms with E-state index >= 15 is 0 Å². The normalized spacial score (nSPS) is 23.4. The third kappa shape index (κ3) is 2.59. The van der Waals surface area contributed by atoms with E-state index in [0.29, 0.717) is 17.4 Å². The summed E-state index contributed by atoms with van der Waals surface area (Å²) in [6, 6.07) is 4.53. The van der Waals surface area contributed by atoms with Crippen LogP contribution in [0.2, 0.25) is 0 Å². The summed E-state index contributed by atoms with van der Waals surface area (Å²) in [7, 11) is -1.98. The molecule has 0 atom stereocenters. The largest absolute Gasteiger partial charge is 0.495 e. The molecule has 18 heavy (non-hydrogen) atoms. The lowest BCUT2D eigenvalue weighted by Crippen LogP contribution is -2.43. The van der Waals surface area contributed by atoms with Gasteiger partial charge in [-0.1, -0.05) is 6.92 Å². The van der Waals surface area contributed by atoms with Crippen LogP contribution in [0.5, 0.6) is 5.75 Å². The Kier molecular flexibility index (Phi) is 3.49. The number of ether oxygens (including phenoxy) is 1. The Morgan fingerprint density at radius 2 is 2.06 bits per heavy atom. The minimum Gasteiger partial charge on any atom is -0.495 e. The number of nitrogens with two attached hydrogens (primary N) is 1. The predicted molar refractivity (Wildman–Crippen MR) is 69.9 cm³/mol. The van der Waals surface area contributed by atoms with Gasteiger partial charge in [0.1, 0.15) is 5.75 Å². The SMILES string of the molecule is COc1ccc(S(=O)(=O)NC2CC(C)C2)cc1N. The molecule has 0 aliphatic heterocycles. The summed E-state index contributed by atoms with van der Waals surface area (Å²) < 4.78 is 31.9. The summed E-state index contributed by atoms with van der Waals surface area (Å²) in [5.41, 5.74) is 6.03. The molecule has 0 bridgehead atoms. The third-order valence-corrected chi connectivity index (χ3v) is 4.73.